The van der Waals surface area contributed by atoms with Gasteiger partial charge in [0.1, 0.15) is 0 Å². The Labute approximate surface area is 128 Å². The van der Waals surface area contributed by atoms with Crippen molar-refractivity contribution >= 4 is 0 Å². The number of nitrogens with one attached hydrogen (secondary N) is 1. The average molecular weight is 288 g/mol. The van der Waals surface area contributed by atoms with Gasteiger partial charge in [-0.3, -0.25) is 4.90 Å². The summed E-state index contributed by atoms with van der Waals surface area (Å²) in [6.07, 6.45) is 1.64. The molecule has 0 amide bonds. The van der Waals surface area contributed by atoms with E-state index in [9.17, 15) is 0 Å². The zero-order chi connectivity index (χ0) is 14.7. The summed E-state index contributed by atoms with van der Waals surface area (Å²) >= 11 is 0. The third-order valence-corrected chi connectivity index (χ3v) is 4.99. The predicted molar refractivity (Wildman–Crippen MR) is 86.6 cm³/mol. The first-order chi connectivity index (χ1) is 10.3. The van der Waals surface area contributed by atoms with Crippen molar-refractivity contribution < 1.29 is 4.74 Å². The molecule has 4 unspecified atom stereocenters. The second-order valence-electron chi connectivity index (χ2n) is 6.30. The monoisotopic (exact) mass is 288 g/mol. The van der Waals surface area contributed by atoms with Gasteiger partial charge in [-0.25, -0.2) is 0 Å². The number of likely N-dealkylation sites (N-methyl/N-ethyl adjacent to an activating group) is 2. The molecular weight excluding hydrogens is 260 g/mol. The molecule has 1 aromatic rings. The molecule has 1 aliphatic carbocycles. The number of nitrogens with zero attached hydrogens (tertiary/aromatic N) is 1. The molecule has 0 aromatic heterocycles. The molecule has 21 heavy (non-hydrogen) atoms. The molecule has 2 fully saturated rings. The van der Waals surface area contributed by atoms with Crippen molar-refractivity contribution in [3.8, 4) is 0 Å². The lowest BCUT2D eigenvalue weighted by Crippen LogP contribution is -2.53. The van der Waals surface area contributed by atoms with Crippen LogP contribution in [-0.4, -0.2) is 49.8 Å². The second-order valence-corrected chi connectivity index (χ2v) is 6.30. The molecule has 3 nitrogen and oxygen atoms in total. The van der Waals surface area contributed by atoms with E-state index in [1.165, 1.54) is 12.0 Å². The Bertz CT molecular complexity index is 436. The first kappa shape index (κ1) is 15.0. The molecule has 1 aromatic carbocycles. The zero-order valence-electron chi connectivity index (χ0n) is 13.3. The van der Waals surface area contributed by atoms with Crippen molar-refractivity contribution in [1.29, 1.82) is 0 Å². The van der Waals surface area contributed by atoms with Gasteiger partial charge < -0.3 is 10.1 Å². The highest BCUT2D eigenvalue weighted by Gasteiger charge is 2.47. The summed E-state index contributed by atoms with van der Waals surface area (Å²) in [6.45, 7) is 9.63. The molecule has 4 atom stereocenters. The minimum Gasteiger partial charge on any atom is -0.374 e. The number of rotatable bonds is 6. The van der Waals surface area contributed by atoms with E-state index < -0.39 is 0 Å². The van der Waals surface area contributed by atoms with Crippen LogP contribution in [0.4, 0.5) is 0 Å². The van der Waals surface area contributed by atoms with Crippen LogP contribution in [0.2, 0.25) is 0 Å². The minimum atomic E-state index is 0.345. The van der Waals surface area contributed by atoms with Crippen molar-refractivity contribution in [2.24, 2.45) is 5.92 Å². The van der Waals surface area contributed by atoms with Crippen LogP contribution >= 0.6 is 0 Å². The molecule has 2 aliphatic rings. The van der Waals surface area contributed by atoms with Crippen LogP contribution < -0.4 is 5.32 Å². The van der Waals surface area contributed by atoms with Crippen LogP contribution in [0.15, 0.2) is 30.3 Å². The predicted octanol–water partition coefficient (Wildman–Crippen LogP) is 2.49. The van der Waals surface area contributed by atoms with Gasteiger partial charge in [0.25, 0.3) is 0 Å². The van der Waals surface area contributed by atoms with Gasteiger partial charge in [0, 0.05) is 19.1 Å². The van der Waals surface area contributed by atoms with E-state index in [1.54, 1.807) is 0 Å². The van der Waals surface area contributed by atoms with Crippen LogP contribution in [0.1, 0.15) is 31.7 Å². The van der Waals surface area contributed by atoms with Crippen LogP contribution in [0.3, 0.4) is 0 Å². The Morgan fingerprint density at radius 1 is 1.29 bits per heavy atom. The third-order valence-electron chi connectivity index (χ3n) is 4.99. The largest absolute Gasteiger partial charge is 0.374 e. The van der Waals surface area contributed by atoms with Gasteiger partial charge in [-0.15, -0.1) is 0 Å². The average Bonchev–Trinajstić information content (AvgIpc) is 3.34. The van der Waals surface area contributed by atoms with E-state index in [2.05, 4.69) is 54.4 Å². The topological polar surface area (TPSA) is 24.5 Å². The van der Waals surface area contributed by atoms with Crippen molar-refractivity contribution in [2.45, 2.75) is 38.3 Å². The van der Waals surface area contributed by atoms with Gasteiger partial charge in [0.05, 0.1) is 12.7 Å². The van der Waals surface area contributed by atoms with Crippen molar-refractivity contribution in [3.63, 3.8) is 0 Å². The lowest BCUT2D eigenvalue weighted by molar-refractivity contribution is -0.0486. The number of hydrogen-bond donors (Lipinski definition) is 1. The molecule has 1 saturated carbocycles. The SMILES string of the molecule is CCNC(C1CN(CC)CCO1)C1CC1c1ccccc1. The smallest absolute Gasteiger partial charge is 0.0858 e. The van der Waals surface area contributed by atoms with Gasteiger partial charge in [0.2, 0.25) is 0 Å². The normalized spacial score (nSPS) is 31.0. The Balaban J connectivity index is 1.65. The molecule has 1 N–H and O–H groups in total. The Hall–Kier alpha value is -0.900. The molecule has 1 saturated heterocycles. The molecule has 1 heterocycles. The summed E-state index contributed by atoms with van der Waals surface area (Å²) in [5.74, 6) is 1.45. The molecule has 0 radical (unpaired) electrons. The van der Waals surface area contributed by atoms with E-state index in [-0.39, 0.29) is 0 Å². The highest BCUT2D eigenvalue weighted by molar-refractivity contribution is 5.27. The van der Waals surface area contributed by atoms with Crippen LogP contribution in [0.25, 0.3) is 0 Å². The van der Waals surface area contributed by atoms with Crippen LogP contribution in [0.5, 0.6) is 0 Å². The lowest BCUT2D eigenvalue weighted by atomic mass is 9.99. The minimum absolute atomic E-state index is 0.345. The molecule has 0 bridgehead atoms. The maximum atomic E-state index is 6.11. The summed E-state index contributed by atoms with van der Waals surface area (Å²) in [5.41, 5.74) is 1.49. The molecule has 1 aliphatic heterocycles. The standard InChI is InChI=1S/C18H28N2O/c1-3-19-18(17-13-20(4-2)10-11-21-17)16-12-15(16)14-8-6-5-7-9-14/h5-9,15-19H,3-4,10-13H2,1-2H3. The highest BCUT2D eigenvalue weighted by atomic mass is 16.5. The Morgan fingerprint density at radius 2 is 2.10 bits per heavy atom. The molecular formula is C18H28N2O. The van der Waals surface area contributed by atoms with E-state index in [0.29, 0.717) is 12.1 Å². The first-order valence-corrected chi connectivity index (χ1v) is 8.45. The summed E-state index contributed by atoms with van der Waals surface area (Å²) in [6, 6.07) is 11.5. The number of benzene rings is 1. The van der Waals surface area contributed by atoms with Gasteiger partial charge in [0.15, 0.2) is 0 Å². The number of ether oxygens (including phenoxy) is 1. The van der Waals surface area contributed by atoms with Gasteiger partial charge in [-0.05, 0) is 36.9 Å². The van der Waals surface area contributed by atoms with E-state index in [4.69, 9.17) is 4.74 Å². The summed E-state index contributed by atoms with van der Waals surface area (Å²) in [7, 11) is 0. The maximum Gasteiger partial charge on any atom is 0.0858 e. The first-order valence-electron chi connectivity index (χ1n) is 8.45. The lowest BCUT2D eigenvalue weighted by Gasteiger charge is -2.37. The van der Waals surface area contributed by atoms with E-state index >= 15 is 0 Å². The molecule has 3 heteroatoms. The number of hydrogen-bond acceptors (Lipinski definition) is 3. The molecule has 3 rings (SSSR count). The second kappa shape index (κ2) is 6.91. The fourth-order valence-electron chi connectivity index (χ4n) is 3.73. The quantitative estimate of drug-likeness (QED) is 0.870. The van der Waals surface area contributed by atoms with Crippen molar-refractivity contribution in [3.05, 3.63) is 35.9 Å². The van der Waals surface area contributed by atoms with E-state index in [0.717, 1.165) is 44.6 Å². The van der Waals surface area contributed by atoms with Crippen molar-refractivity contribution in [2.75, 3.05) is 32.8 Å². The van der Waals surface area contributed by atoms with Crippen molar-refractivity contribution in [1.82, 2.24) is 10.2 Å². The Kier molecular flexibility index (Phi) is 4.94. The van der Waals surface area contributed by atoms with E-state index in [1.807, 2.05) is 0 Å². The van der Waals surface area contributed by atoms with Gasteiger partial charge in [-0.2, -0.15) is 0 Å². The zero-order valence-corrected chi connectivity index (χ0v) is 13.3. The fraction of sp³-hybridized carbons (Fsp3) is 0.667. The third kappa shape index (κ3) is 3.47. The molecule has 0 spiro atoms. The van der Waals surface area contributed by atoms with Gasteiger partial charge >= 0.3 is 0 Å². The Morgan fingerprint density at radius 3 is 2.81 bits per heavy atom. The highest BCUT2D eigenvalue weighted by Crippen LogP contribution is 2.50. The van der Waals surface area contributed by atoms with Crippen LogP contribution in [0, 0.1) is 5.92 Å². The summed E-state index contributed by atoms with van der Waals surface area (Å²) in [5, 5.41) is 3.71. The summed E-state index contributed by atoms with van der Waals surface area (Å²) < 4.78 is 6.11. The molecule has 116 valence electrons. The fourth-order valence-corrected chi connectivity index (χ4v) is 3.73. The number of morpholine rings is 1. The maximum absolute atomic E-state index is 6.11. The summed E-state index contributed by atoms with van der Waals surface area (Å²) in [4.78, 5) is 2.51. The van der Waals surface area contributed by atoms with Crippen LogP contribution in [-0.2, 0) is 4.74 Å². The van der Waals surface area contributed by atoms with Gasteiger partial charge in [-0.1, -0.05) is 44.2 Å².